The van der Waals surface area contributed by atoms with Crippen LogP contribution in [0.15, 0.2) is 18.2 Å². The summed E-state index contributed by atoms with van der Waals surface area (Å²) in [7, 11) is 1.74. The summed E-state index contributed by atoms with van der Waals surface area (Å²) in [5, 5.41) is 3.77. The number of rotatable bonds is 4. The van der Waals surface area contributed by atoms with Crippen molar-refractivity contribution in [3.05, 3.63) is 29.3 Å². The average Bonchev–Trinajstić information content (AvgIpc) is 2.71. The molecule has 1 saturated carbocycles. The third kappa shape index (κ3) is 2.27. The van der Waals surface area contributed by atoms with Crippen LogP contribution >= 0.6 is 0 Å². The Kier molecular flexibility index (Phi) is 3.42. The van der Waals surface area contributed by atoms with Gasteiger partial charge in [0.05, 0.1) is 7.11 Å². The fraction of sp³-hybridized carbons (Fsp3) is 0.647. The molecule has 1 atom stereocenters. The van der Waals surface area contributed by atoms with E-state index >= 15 is 0 Å². The van der Waals surface area contributed by atoms with Crippen molar-refractivity contribution in [1.29, 1.82) is 0 Å². The van der Waals surface area contributed by atoms with E-state index in [1.165, 1.54) is 11.1 Å². The number of ether oxygens (including phenoxy) is 1. The summed E-state index contributed by atoms with van der Waals surface area (Å²) >= 11 is 0. The number of hydrogen-bond donors (Lipinski definition) is 1. The highest BCUT2D eigenvalue weighted by Crippen LogP contribution is 2.63. The molecule has 0 aromatic heterocycles. The van der Waals surface area contributed by atoms with E-state index in [1.807, 2.05) is 0 Å². The first-order valence-electron chi connectivity index (χ1n) is 7.12. The molecule has 1 unspecified atom stereocenters. The molecule has 19 heavy (non-hydrogen) atoms. The molecular weight excluding hydrogens is 234 g/mol. The second kappa shape index (κ2) is 4.52. The molecule has 0 saturated heterocycles. The number of hydrogen-bond acceptors (Lipinski definition) is 2. The second-order valence-corrected chi connectivity index (χ2v) is 7.01. The van der Waals surface area contributed by atoms with Gasteiger partial charge in [0, 0.05) is 17.6 Å². The minimum Gasteiger partial charge on any atom is -0.496 e. The highest BCUT2D eigenvalue weighted by atomic mass is 16.5. The van der Waals surface area contributed by atoms with Crippen molar-refractivity contribution in [2.75, 3.05) is 7.11 Å². The number of aryl methyl sites for hydroxylation is 1. The van der Waals surface area contributed by atoms with Crippen LogP contribution in [0, 0.1) is 17.8 Å². The van der Waals surface area contributed by atoms with Crippen molar-refractivity contribution < 1.29 is 4.74 Å². The highest BCUT2D eigenvalue weighted by molar-refractivity contribution is 5.39. The third-order valence-electron chi connectivity index (χ3n) is 5.29. The predicted molar refractivity (Wildman–Crippen MR) is 80.6 cm³/mol. The summed E-state index contributed by atoms with van der Waals surface area (Å²) in [6.07, 6.45) is 0. The molecule has 0 spiro atoms. The lowest BCUT2D eigenvalue weighted by atomic mass is 10.0. The highest BCUT2D eigenvalue weighted by Gasteiger charge is 2.64. The molecule has 2 heteroatoms. The largest absolute Gasteiger partial charge is 0.496 e. The van der Waals surface area contributed by atoms with Gasteiger partial charge in [-0.15, -0.1) is 0 Å². The quantitative estimate of drug-likeness (QED) is 0.881. The summed E-state index contributed by atoms with van der Waals surface area (Å²) in [4.78, 5) is 0. The Balaban J connectivity index is 2.18. The molecule has 0 heterocycles. The summed E-state index contributed by atoms with van der Waals surface area (Å²) in [5.41, 5.74) is 3.25. The molecule has 0 amide bonds. The van der Waals surface area contributed by atoms with Crippen molar-refractivity contribution in [1.82, 2.24) is 5.32 Å². The molecule has 0 radical (unpaired) electrons. The van der Waals surface area contributed by atoms with E-state index in [-0.39, 0.29) is 0 Å². The van der Waals surface area contributed by atoms with Gasteiger partial charge >= 0.3 is 0 Å². The van der Waals surface area contributed by atoms with Crippen molar-refractivity contribution in [3.8, 4) is 5.75 Å². The fourth-order valence-electron chi connectivity index (χ4n) is 3.14. The Labute approximate surface area is 117 Å². The molecule has 2 rings (SSSR count). The maximum atomic E-state index is 5.49. The van der Waals surface area contributed by atoms with E-state index in [2.05, 4.69) is 65.1 Å². The lowest BCUT2D eigenvalue weighted by Crippen LogP contribution is -2.26. The average molecular weight is 261 g/mol. The molecule has 1 N–H and O–H groups in total. The molecular formula is C17H27NO. The van der Waals surface area contributed by atoms with Crippen LogP contribution in [-0.2, 0) is 0 Å². The van der Waals surface area contributed by atoms with E-state index in [0.717, 1.165) is 5.75 Å². The number of nitrogens with one attached hydrogen (secondary N) is 1. The van der Waals surface area contributed by atoms with Gasteiger partial charge in [-0.05, 0) is 30.7 Å². The van der Waals surface area contributed by atoms with Crippen molar-refractivity contribution in [2.45, 2.75) is 53.6 Å². The summed E-state index contributed by atoms with van der Waals surface area (Å²) in [5.74, 6) is 0.974. The number of methoxy groups -OCH3 is 1. The zero-order valence-electron chi connectivity index (χ0n) is 13.3. The van der Waals surface area contributed by atoms with E-state index in [9.17, 15) is 0 Å². The van der Waals surface area contributed by atoms with Gasteiger partial charge in [-0.2, -0.15) is 0 Å². The van der Waals surface area contributed by atoms with Crippen LogP contribution in [0.2, 0.25) is 0 Å². The van der Waals surface area contributed by atoms with Crippen LogP contribution < -0.4 is 10.1 Å². The predicted octanol–water partition coefficient (Wildman–Crippen LogP) is 4.09. The van der Waals surface area contributed by atoms with Crippen LogP contribution in [0.25, 0.3) is 0 Å². The normalized spacial score (nSPS) is 22.1. The SMILES string of the molecule is COc1ccc(C)cc1C(C)NC1C(C)(C)C1(C)C. The molecule has 1 aliphatic rings. The first-order chi connectivity index (χ1) is 8.71. The van der Waals surface area contributed by atoms with E-state index in [4.69, 9.17) is 4.74 Å². The van der Waals surface area contributed by atoms with E-state index in [1.54, 1.807) is 7.11 Å². The second-order valence-electron chi connectivity index (χ2n) is 7.01. The van der Waals surface area contributed by atoms with Crippen molar-refractivity contribution >= 4 is 0 Å². The third-order valence-corrected chi connectivity index (χ3v) is 5.29. The molecule has 106 valence electrons. The van der Waals surface area contributed by atoms with Crippen molar-refractivity contribution in [3.63, 3.8) is 0 Å². The monoisotopic (exact) mass is 261 g/mol. The Morgan fingerprint density at radius 3 is 2.21 bits per heavy atom. The van der Waals surface area contributed by atoms with Crippen LogP contribution in [-0.4, -0.2) is 13.2 Å². The minimum absolute atomic E-state index is 0.306. The molecule has 1 aromatic rings. The maximum absolute atomic E-state index is 5.49. The molecule has 1 fully saturated rings. The van der Waals surface area contributed by atoms with Gasteiger partial charge in [0.15, 0.2) is 0 Å². The Hall–Kier alpha value is -1.02. The molecule has 0 bridgehead atoms. The standard InChI is InChI=1S/C17H27NO/c1-11-8-9-14(19-7)13(10-11)12(2)18-15-16(3,4)17(15,5)6/h8-10,12,15,18H,1-7H3. The maximum Gasteiger partial charge on any atom is 0.123 e. The van der Waals surface area contributed by atoms with Gasteiger partial charge in [0.25, 0.3) is 0 Å². The van der Waals surface area contributed by atoms with Gasteiger partial charge in [-0.3, -0.25) is 0 Å². The van der Waals surface area contributed by atoms with Crippen LogP contribution in [0.3, 0.4) is 0 Å². The minimum atomic E-state index is 0.306. The Morgan fingerprint density at radius 1 is 1.16 bits per heavy atom. The topological polar surface area (TPSA) is 21.3 Å². The van der Waals surface area contributed by atoms with Crippen molar-refractivity contribution in [2.24, 2.45) is 10.8 Å². The first-order valence-corrected chi connectivity index (χ1v) is 7.12. The van der Waals surface area contributed by atoms with Crippen LogP contribution in [0.5, 0.6) is 5.75 Å². The smallest absolute Gasteiger partial charge is 0.123 e. The van der Waals surface area contributed by atoms with Gasteiger partial charge in [-0.1, -0.05) is 45.4 Å². The summed E-state index contributed by atoms with van der Waals surface area (Å²) < 4.78 is 5.49. The Morgan fingerprint density at radius 2 is 1.74 bits per heavy atom. The molecule has 0 aliphatic heterocycles. The van der Waals surface area contributed by atoms with Gasteiger partial charge in [-0.25, -0.2) is 0 Å². The zero-order valence-corrected chi connectivity index (χ0v) is 13.3. The summed E-state index contributed by atoms with van der Waals surface area (Å²) in [6.45, 7) is 13.7. The van der Waals surface area contributed by atoms with E-state index in [0.29, 0.717) is 22.9 Å². The van der Waals surface area contributed by atoms with Gasteiger partial charge in [0.2, 0.25) is 0 Å². The van der Waals surface area contributed by atoms with Crippen LogP contribution in [0.1, 0.15) is 51.8 Å². The first kappa shape index (κ1) is 14.4. The zero-order chi connectivity index (χ0) is 14.4. The summed E-state index contributed by atoms with van der Waals surface area (Å²) in [6, 6.07) is 7.24. The van der Waals surface area contributed by atoms with Gasteiger partial charge in [0.1, 0.15) is 5.75 Å². The molecule has 1 aliphatic carbocycles. The van der Waals surface area contributed by atoms with E-state index < -0.39 is 0 Å². The Bertz CT molecular complexity index is 462. The lowest BCUT2D eigenvalue weighted by molar-refractivity contribution is 0.397. The molecule has 1 aromatic carbocycles. The molecule has 2 nitrogen and oxygen atoms in total. The van der Waals surface area contributed by atoms with Crippen LogP contribution in [0.4, 0.5) is 0 Å². The fourth-order valence-corrected chi connectivity index (χ4v) is 3.14. The number of benzene rings is 1. The lowest BCUT2D eigenvalue weighted by Gasteiger charge is -2.19. The van der Waals surface area contributed by atoms with Gasteiger partial charge < -0.3 is 10.1 Å².